The second kappa shape index (κ2) is 8.31. The fourth-order valence-corrected chi connectivity index (χ4v) is 2.68. The first-order valence-corrected chi connectivity index (χ1v) is 7.99. The molecule has 25 heavy (non-hydrogen) atoms. The van der Waals surface area contributed by atoms with Crippen LogP contribution in [0.5, 0.6) is 0 Å². The molecular weight excluding hydrogens is 324 g/mol. The topological polar surface area (TPSA) is 99.1 Å². The lowest BCUT2D eigenvalue weighted by Crippen LogP contribution is -2.69. The summed E-state index contributed by atoms with van der Waals surface area (Å²) < 4.78 is 23.9. The second-order valence-corrected chi connectivity index (χ2v) is 6.82. The zero-order valence-electron chi connectivity index (χ0n) is 18.2. The van der Waals surface area contributed by atoms with Gasteiger partial charge in [0.15, 0.2) is 6.95 Å². The van der Waals surface area contributed by atoms with Gasteiger partial charge in [-0.2, -0.15) is 0 Å². The maximum atomic E-state index is 13.0. The summed E-state index contributed by atoms with van der Waals surface area (Å²) in [5, 5.41) is 20.2. The van der Waals surface area contributed by atoms with Gasteiger partial charge in [-0.05, 0) is 39.7 Å². The van der Waals surface area contributed by atoms with Crippen LogP contribution in [0.1, 0.15) is 49.3 Å². The number of nitrogens with one attached hydrogen (secondary N) is 1. The molecule has 1 aromatic carbocycles. The molecule has 1 rings (SSSR count). The number of carboxylic acid groups (broad SMARTS) is 1. The lowest BCUT2D eigenvalue weighted by atomic mass is 9.86. The highest BCUT2D eigenvalue weighted by molar-refractivity contribution is 5.89. The molecule has 0 radical (unpaired) electrons. The van der Waals surface area contributed by atoms with Gasteiger partial charge in [-0.1, -0.05) is 37.3 Å². The quantitative estimate of drug-likeness (QED) is 0.653. The summed E-state index contributed by atoms with van der Waals surface area (Å²) >= 11 is 0. The highest BCUT2D eigenvalue weighted by Crippen LogP contribution is 2.30. The Hall–Kier alpha value is -2.12. The summed E-state index contributed by atoms with van der Waals surface area (Å²) in [5.41, 5.74) is -3.18. The number of hydroxylamine groups is 1. The van der Waals surface area contributed by atoms with Crippen molar-refractivity contribution in [1.82, 2.24) is 10.4 Å². The summed E-state index contributed by atoms with van der Waals surface area (Å²) in [7, 11) is 0. The average Bonchev–Trinajstić information content (AvgIpc) is 2.58. The molecule has 0 heterocycles. The monoisotopic (exact) mass is 355 g/mol. The van der Waals surface area contributed by atoms with Crippen LogP contribution in [-0.4, -0.2) is 44.3 Å². The van der Waals surface area contributed by atoms with Crippen molar-refractivity contribution in [3.63, 3.8) is 0 Å². The van der Waals surface area contributed by atoms with Crippen LogP contribution in [0, 0.1) is 0 Å². The molecule has 140 valence electrons. The average molecular weight is 355 g/mol. The van der Waals surface area contributed by atoms with E-state index < -0.39 is 35.7 Å². The first kappa shape index (κ1) is 16.4. The van der Waals surface area contributed by atoms with Crippen LogP contribution in [0.4, 0.5) is 4.79 Å². The Kier molecular flexibility index (Phi) is 5.44. The maximum Gasteiger partial charge on any atom is 0.408 e. The number of hydrogen-bond acceptors (Lipinski definition) is 4. The van der Waals surface area contributed by atoms with Gasteiger partial charge >= 0.3 is 6.09 Å². The summed E-state index contributed by atoms with van der Waals surface area (Å²) in [6.45, 7) is 4.89. The molecule has 1 aromatic rings. The molecule has 0 fully saturated rings. The molecule has 0 saturated heterocycles. The van der Waals surface area contributed by atoms with Gasteiger partial charge in [0.2, 0.25) is 0 Å². The van der Waals surface area contributed by atoms with Gasteiger partial charge in [-0.3, -0.25) is 14.5 Å². The number of rotatable bonds is 7. The molecule has 2 amide bonds. The van der Waals surface area contributed by atoms with Crippen LogP contribution in [0.25, 0.3) is 0 Å². The van der Waals surface area contributed by atoms with Crippen LogP contribution in [0.15, 0.2) is 30.3 Å². The summed E-state index contributed by atoms with van der Waals surface area (Å²) in [6.07, 6.45) is -2.88. The molecule has 2 atom stereocenters. The Morgan fingerprint density at radius 3 is 2.32 bits per heavy atom. The van der Waals surface area contributed by atoms with Crippen LogP contribution >= 0.6 is 0 Å². The minimum Gasteiger partial charge on any atom is -0.465 e. The Morgan fingerprint density at radius 1 is 1.32 bits per heavy atom. The van der Waals surface area contributed by atoms with Crippen LogP contribution in [-0.2, 0) is 16.2 Å². The molecule has 0 spiro atoms. The van der Waals surface area contributed by atoms with Crippen molar-refractivity contribution in [1.29, 1.82) is 0 Å². The van der Waals surface area contributed by atoms with E-state index in [-0.39, 0.29) is 17.5 Å². The van der Waals surface area contributed by atoms with Crippen LogP contribution < -0.4 is 5.47 Å². The zero-order valence-corrected chi connectivity index (χ0v) is 15.2. The Morgan fingerprint density at radius 2 is 1.88 bits per heavy atom. The van der Waals surface area contributed by atoms with Crippen molar-refractivity contribution in [2.45, 2.75) is 64.8 Å². The number of amides is 2. The van der Waals surface area contributed by atoms with E-state index in [1.165, 1.54) is 19.1 Å². The molecule has 0 aromatic heterocycles. The van der Waals surface area contributed by atoms with Crippen molar-refractivity contribution >= 4 is 12.0 Å². The highest BCUT2D eigenvalue weighted by atomic mass is 16.7. The van der Waals surface area contributed by atoms with E-state index in [0.717, 1.165) is 4.90 Å². The number of nitrogens with zero attached hydrogens (tertiary/aromatic N) is 1. The van der Waals surface area contributed by atoms with E-state index in [1.54, 1.807) is 45.9 Å². The third-order valence-electron chi connectivity index (χ3n) is 3.86. The first-order valence-electron chi connectivity index (χ1n) is 9.43. The number of benzene rings is 1. The molecule has 0 aliphatic heterocycles. The van der Waals surface area contributed by atoms with E-state index >= 15 is 0 Å². The largest absolute Gasteiger partial charge is 0.465 e. The number of carbonyl (C=O) groups is 2. The van der Waals surface area contributed by atoms with Gasteiger partial charge in [0.05, 0.1) is 15.4 Å². The first-order chi connectivity index (χ1) is 12.7. The van der Waals surface area contributed by atoms with Crippen molar-refractivity contribution in [2.24, 2.45) is 0 Å². The third-order valence-corrected chi connectivity index (χ3v) is 3.86. The number of hydrogen-bond donors (Lipinski definition) is 3. The SMILES string of the molecule is [2H]N(OC([2H])([2H])c1ccccc1)C(=O)[C@](C)([C@H](O)CC)N(C(=O)O)C(C)(C)C. The van der Waals surface area contributed by atoms with Crippen molar-refractivity contribution in [3.8, 4) is 0 Å². The smallest absolute Gasteiger partial charge is 0.408 e. The van der Waals surface area contributed by atoms with Gasteiger partial charge in [-0.15, -0.1) is 0 Å². The lowest BCUT2D eigenvalue weighted by Gasteiger charge is -2.47. The van der Waals surface area contributed by atoms with Crippen LogP contribution in [0.3, 0.4) is 0 Å². The number of carbonyl (C=O) groups excluding carboxylic acids is 1. The van der Waals surface area contributed by atoms with E-state index in [9.17, 15) is 19.8 Å². The molecule has 3 N–H and O–H groups in total. The van der Waals surface area contributed by atoms with Crippen LogP contribution in [0.2, 0.25) is 1.41 Å². The van der Waals surface area contributed by atoms with Crippen molar-refractivity contribution in [3.05, 3.63) is 35.9 Å². The highest BCUT2D eigenvalue weighted by Gasteiger charge is 2.52. The van der Waals surface area contributed by atoms with Gasteiger partial charge in [0, 0.05) is 5.54 Å². The zero-order chi connectivity index (χ0) is 21.9. The molecule has 0 bridgehead atoms. The van der Waals surface area contributed by atoms with E-state index in [1.807, 2.05) is 0 Å². The molecule has 7 heteroatoms. The van der Waals surface area contributed by atoms with Gasteiger partial charge in [-0.25, -0.2) is 10.3 Å². The predicted molar refractivity (Wildman–Crippen MR) is 93.7 cm³/mol. The minimum absolute atomic E-state index is 0.0293. The molecule has 0 aliphatic carbocycles. The number of aliphatic hydroxyl groups is 1. The fourth-order valence-electron chi connectivity index (χ4n) is 2.68. The Balaban J connectivity index is 3.32. The molecule has 0 unspecified atom stereocenters. The summed E-state index contributed by atoms with van der Waals surface area (Å²) in [4.78, 5) is 30.6. The predicted octanol–water partition coefficient (Wildman–Crippen LogP) is 2.54. The Labute approximate surface area is 152 Å². The maximum absolute atomic E-state index is 13.0. The lowest BCUT2D eigenvalue weighted by molar-refractivity contribution is -0.157. The summed E-state index contributed by atoms with van der Waals surface area (Å²) in [6, 6.07) is 7.67. The normalized spacial score (nSPS) is 17.4. The van der Waals surface area contributed by atoms with E-state index in [4.69, 9.17) is 8.99 Å². The Bertz CT molecular complexity index is 696. The van der Waals surface area contributed by atoms with Gasteiger partial charge < -0.3 is 10.2 Å². The standard InChI is InChI=1S/C18H28N2O5/c1-6-14(21)18(5,20(16(23)24)17(2,3)4)15(22)19-25-12-13-10-8-7-9-11-13/h7-11,14,21H,6,12H2,1-5H3,(H,19,22)(H,23,24)/t14-,18+/m1/s1/i12D2/hD. The van der Waals surface area contributed by atoms with Gasteiger partial charge in [0.1, 0.15) is 0 Å². The molecule has 0 saturated carbocycles. The number of aliphatic hydroxyl groups excluding tert-OH is 1. The van der Waals surface area contributed by atoms with Crippen molar-refractivity contribution < 1.29 is 28.8 Å². The van der Waals surface area contributed by atoms with E-state index in [2.05, 4.69) is 0 Å². The second-order valence-electron chi connectivity index (χ2n) is 6.82. The molecule has 7 nitrogen and oxygen atoms in total. The molecular formula is C18H28N2O5. The minimum atomic E-state index is -2.52. The fraction of sp³-hybridized carbons (Fsp3) is 0.556. The van der Waals surface area contributed by atoms with E-state index in [0.29, 0.717) is 0 Å². The van der Waals surface area contributed by atoms with Gasteiger partial charge in [0.25, 0.3) is 5.91 Å². The third kappa shape index (κ3) is 4.93. The summed E-state index contributed by atoms with van der Waals surface area (Å²) in [5.74, 6) is -1.21. The van der Waals surface area contributed by atoms with Crippen molar-refractivity contribution in [2.75, 3.05) is 0 Å². The molecule has 0 aliphatic rings.